The second kappa shape index (κ2) is 8.25. The van der Waals surface area contributed by atoms with Gasteiger partial charge in [0.2, 0.25) is 0 Å². The van der Waals surface area contributed by atoms with Crippen LogP contribution in [-0.2, 0) is 14.3 Å². The van der Waals surface area contributed by atoms with E-state index in [0.717, 1.165) is 31.5 Å². The molecule has 1 amide bonds. The van der Waals surface area contributed by atoms with Crippen molar-refractivity contribution >= 4 is 18.0 Å². The molecule has 0 N–H and O–H groups in total. The Balaban J connectivity index is 1.75. The fraction of sp³-hybridized carbons (Fsp3) is 0.412. The lowest BCUT2D eigenvalue weighted by molar-refractivity contribution is -0.148. The SMILES string of the molecule is O=C(C=Cc1ccccc1)OCC(=O)N1CCCCCC1. The number of esters is 1. The smallest absolute Gasteiger partial charge is 0.331 e. The minimum atomic E-state index is -0.484. The molecule has 4 heteroatoms. The van der Waals surface area contributed by atoms with Gasteiger partial charge in [-0.3, -0.25) is 4.79 Å². The Labute approximate surface area is 125 Å². The molecule has 0 radical (unpaired) electrons. The van der Waals surface area contributed by atoms with Crippen molar-refractivity contribution in [3.8, 4) is 0 Å². The number of nitrogens with zero attached hydrogens (tertiary/aromatic N) is 1. The van der Waals surface area contributed by atoms with E-state index < -0.39 is 5.97 Å². The third kappa shape index (κ3) is 5.42. The molecule has 1 aliphatic heterocycles. The van der Waals surface area contributed by atoms with Gasteiger partial charge in [-0.25, -0.2) is 4.79 Å². The summed E-state index contributed by atoms with van der Waals surface area (Å²) >= 11 is 0. The molecule has 0 saturated carbocycles. The summed E-state index contributed by atoms with van der Waals surface area (Å²) in [6, 6.07) is 9.50. The Hall–Kier alpha value is -2.10. The van der Waals surface area contributed by atoms with Crippen LogP contribution in [0.1, 0.15) is 31.2 Å². The summed E-state index contributed by atoms with van der Waals surface area (Å²) in [7, 11) is 0. The summed E-state index contributed by atoms with van der Waals surface area (Å²) in [6.45, 7) is 1.38. The van der Waals surface area contributed by atoms with E-state index >= 15 is 0 Å². The Morgan fingerprint density at radius 3 is 2.38 bits per heavy atom. The summed E-state index contributed by atoms with van der Waals surface area (Å²) < 4.78 is 5.00. The molecule has 0 unspecified atom stereocenters. The van der Waals surface area contributed by atoms with Crippen molar-refractivity contribution in [1.29, 1.82) is 0 Å². The van der Waals surface area contributed by atoms with Crippen molar-refractivity contribution in [1.82, 2.24) is 4.90 Å². The highest BCUT2D eigenvalue weighted by Crippen LogP contribution is 2.09. The van der Waals surface area contributed by atoms with E-state index in [1.165, 1.54) is 18.9 Å². The molecule has 4 nitrogen and oxygen atoms in total. The number of rotatable bonds is 4. The number of ether oxygens (including phenoxy) is 1. The summed E-state index contributed by atoms with van der Waals surface area (Å²) in [4.78, 5) is 25.3. The van der Waals surface area contributed by atoms with E-state index in [9.17, 15) is 9.59 Å². The first-order valence-electron chi connectivity index (χ1n) is 7.43. The van der Waals surface area contributed by atoms with Gasteiger partial charge in [-0.1, -0.05) is 43.2 Å². The maximum absolute atomic E-state index is 12.0. The van der Waals surface area contributed by atoms with Gasteiger partial charge in [0, 0.05) is 19.2 Å². The van der Waals surface area contributed by atoms with E-state index in [1.807, 2.05) is 30.3 Å². The number of benzene rings is 1. The van der Waals surface area contributed by atoms with Gasteiger partial charge in [0.15, 0.2) is 6.61 Å². The highest BCUT2D eigenvalue weighted by molar-refractivity contribution is 5.89. The molecule has 1 fully saturated rings. The zero-order chi connectivity index (χ0) is 14.9. The van der Waals surface area contributed by atoms with E-state index in [4.69, 9.17) is 4.74 Å². The minimum Gasteiger partial charge on any atom is -0.452 e. The quantitative estimate of drug-likeness (QED) is 0.632. The fourth-order valence-corrected chi connectivity index (χ4v) is 2.32. The highest BCUT2D eigenvalue weighted by atomic mass is 16.5. The van der Waals surface area contributed by atoms with Crippen LogP contribution in [0, 0.1) is 0 Å². The van der Waals surface area contributed by atoms with Crippen LogP contribution < -0.4 is 0 Å². The zero-order valence-corrected chi connectivity index (χ0v) is 12.2. The van der Waals surface area contributed by atoms with Gasteiger partial charge in [0.1, 0.15) is 0 Å². The van der Waals surface area contributed by atoms with E-state index in [-0.39, 0.29) is 12.5 Å². The first kappa shape index (κ1) is 15.3. The monoisotopic (exact) mass is 287 g/mol. The van der Waals surface area contributed by atoms with Gasteiger partial charge in [-0.2, -0.15) is 0 Å². The summed E-state index contributed by atoms with van der Waals surface area (Å²) in [5.74, 6) is -0.583. The van der Waals surface area contributed by atoms with Crippen LogP contribution in [0.25, 0.3) is 6.08 Å². The Bertz CT molecular complexity index is 488. The predicted molar refractivity (Wildman–Crippen MR) is 81.5 cm³/mol. The second-order valence-electron chi connectivity index (χ2n) is 5.15. The third-order valence-electron chi connectivity index (χ3n) is 3.51. The molecule has 1 saturated heterocycles. The van der Waals surface area contributed by atoms with Crippen LogP contribution in [-0.4, -0.2) is 36.5 Å². The number of likely N-dealkylation sites (tertiary alicyclic amines) is 1. The van der Waals surface area contributed by atoms with Crippen molar-refractivity contribution in [3.05, 3.63) is 42.0 Å². The standard InChI is InChI=1S/C17H21NO3/c19-16(18-12-6-1-2-7-13-18)14-21-17(20)11-10-15-8-4-3-5-9-15/h3-5,8-11H,1-2,6-7,12-14H2. The molecule has 2 rings (SSSR count). The van der Waals surface area contributed by atoms with E-state index in [0.29, 0.717) is 0 Å². The molecule has 0 spiro atoms. The normalized spacial score (nSPS) is 15.7. The van der Waals surface area contributed by atoms with Gasteiger partial charge in [0.25, 0.3) is 5.91 Å². The van der Waals surface area contributed by atoms with Gasteiger partial charge >= 0.3 is 5.97 Å². The Kier molecular flexibility index (Phi) is 6.00. The van der Waals surface area contributed by atoms with Crippen molar-refractivity contribution < 1.29 is 14.3 Å². The lowest BCUT2D eigenvalue weighted by Gasteiger charge is -2.19. The number of hydrogen-bond acceptors (Lipinski definition) is 3. The molecule has 0 aliphatic carbocycles. The minimum absolute atomic E-state index is 0.0987. The van der Waals surface area contributed by atoms with Crippen molar-refractivity contribution in [2.24, 2.45) is 0 Å². The fourth-order valence-electron chi connectivity index (χ4n) is 2.32. The lowest BCUT2D eigenvalue weighted by Crippen LogP contribution is -2.35. The molecule has 0 bridgehead atoms. The summed E-state index contributed by atoms with van der Waals surface area (Å²) in [5.41, 5.74) is 0.924. The molecule has 0 aromatic heterocycles. The topological polar surface area (TPSA) is 46.6 Å². The first-order valence-corrected chi connectivity index (χ1v) is 7.43. The molecular weight excluding hydrogens is 266 g/mol. The van der Waals surface area contributed by atoms with Crippen molar-refractivity contribution in [3.63, 3.8) is 0 Å². The van der Waals surface area contributed by atoms with Crippen LogP contribution in [0.15, 0.2) is 36.4 Å². The number of carbonyl (C=O) groups excluding carboxylic acids is 2. The maximum atomic E-state index is 12.0. The molecule has 1 aromatic rings. The Morgan fingerprint density at radius 2 is 1.71 bits per heavy atom. The van der Waals surface area contributed by atoms with Crippen LogP contribution in [0.4, 0.5) is 0 Å². The molecule has 1 aromatic carbocycles. The highest BCUT2D eigenvalue weighted by Gasteiger charge is 2.16. The molecule has 1 aliphatic rings. The third-order valence-corrected chi connectivity index (χ3v) is 3.51. The van der Waals surface area contributed by atoms with Crippen molar-refractivity contribution in [2.75, 3.05) is 19.7 Å². The average Bonchev–Trinajstić information content (AvgIpc) is 2.81. The predicted octanol–water partition coefficient (Wildman–Crippen LogP) is 2.65. The zero-order valence-electron chi connectivity index (χ0n) is 12.2. The first-order chi connectivity index (χ1) is 10.3. The average molecular weight is 287 g/mol. The van der Waals surface area contributed by atoms with Crippen LogP contribution >= 0.6 is 0 Å². The van der Waals surface area contributed by atoms with E-state index in [1.54, 1.807) is 11.0 Å². The summed E-state index contributed by atoms with van der Waals surface area (Å²) in [5, 5.41) is 0. The number of carbonyl (C=O) groups is 2. The van der Waals surface area contributed by atoms with Crippen LogP contribution in [0.2, 0.25) is 0 Å². The largest absolute Gasteiger partial charge is 0.452 e. The Morgan fingerprint density at radius 1 is 1.05 bits per heavy atom. The van der Waals surface area contributed by atoms with Crippen molar-refractivity contribution in [2.45, 2.75) is 25.7 Å². The van der Waals surface area contributed by atoms with Gasteiger partial charge in [0.05, 0.1) is 0 Å². The summed E-state index contributed by atoms with van der Waals surface area (Å²) in [6.07, 6.45) is 7.44. The molecular formula is C17H21NO3. The van der Waals surface area contributed by atoms with Gasteiger partial charge in [-0.05, 0) is 24.5 Å². The second-order valence-corrected chi connectivity index (χ2v) is 5.15. The number of amides is 1. The molecule has 21 heavy (non-hydrogen) atoms. The number of hydrogen-bond donors (Lipinski definition) is 0. The van der Waals surface area contributed by atoms with Crippen LogP contribution in [0.3, 0.4) is 0 Å². The molecule has 0 atom stereocenters. The maximum Gasteiger partial charge on any atom is 0.331 e. The molecule has 1 heterocycles. The lowest BCUT2D eigenvalue weighted by atomic mass is 10.2. The van der Waals surface area contributed by atoms with Crippen LogP contribution in [0.5, 0.6) is 0 Å². The van der Waals surface area contributed by atoms with Gasteiger partial charge in [-0.15, -0.1) is 0 Å². The van der Waals surface area contributed by atoms with E-state index in [2.05, 4.69) is 0 Å². The molecule has 112 valence electrons. The van der Waals surface area contributed by atoms with Gasteiger partial charge < -0.3 is 9.64 Å².